The van der Waals surface area contributed by atoms with Crippen LogP contribution in [0.15, 0.2) is 24.3 Å². The van der Waals surface area contributed by atoms with Crippen LogP contribution in [-0.4, -0.2) is 119 Å². The molecular formula is C43H72N6O10. The molecule has 1 aromatic carbocycles. The number of rotatable bonds is 24. The molecule has 0 fully saturated rings. The van der Waals surface area contributed by atoms with Crippen molar-refractivity contribution in [3.8, 4) is 0 Å². The van der Waals surface area contributed by atoms with Crippen LogP contribution < -0.4 is 26.6 Å². The molecule has 1 rings (SSSR count). The van der Waals surface area contributed by atoms with E-state index >= 15 is 0 Å². The Bertz CT molecular complexity index is 1550. The van der Waals surface area contributed by atoms with E-state index in [4.69, 9.17) is 9.47 Å². The number of benzene rings is 1. The number of aryl methyl sites for hydroxylation is 1. The van der Waals surface area contributed by atoms with Crippen molar-refractivity contribution in [1.82, 2.24) is 31.5 Å². The molecule has 59 heavy (non-hydrogen) atoms. The van der Waals surface area contributed by atoms with E-state index in [-0.39, 0.29) is 18.9 Å². The molecule has 16 nitrogen and oxygen atoms in total. The molecule has 334 valence electrons. The van der Waals surface area contributed by atoms with Gasteiger partial charge in [0.15, 0.2) is 0 Å². The summed E-state index contributed by atoms with van der Waals surface area (Å²) in [6, 6.07) is 1.31. The van der Waals surface area contributed by atoms with Crippen LogP contribution >= 0.6 is 0 Å². The van der Waals surface area contributed by atoms with Crippen LogP contribution in [0, 0.1) is 5.92 Å². The Morgan fingerprint density at radius 2 is 1.29 bits per heavy atom. The first-order chi connectivity index (χ1) is 27.3. The minimum Gasteiger partial charge on any atom is -0.480 e. The van der Waals surface area contributed by atoms with Crippen molar-refractivity contribution in [2.24, 2.45) is 5.92 Å². The fourth-order valence-corrected chi connectivity index (χ4v) is 5.99. The van der Waals surface area contributed by atoms with Crippen molar-refractivity contribution in [2.45, 2.75) is 169 Å². The van der Waals surface area contributed by atoms with Crippen LogP contribution in [0.25, 0.3) is 0 Å². The second-order valence-electron chi connectivity index (χ2n) is 17.5. The molecule has 0 radical (unpaired) electrons. The first-order valence-electron chi connectivity index (χ1n) is 20.6. The van der Waals surface area contributed by atoms with E-state index in [1.807, 2.05) is 26.0 Å². The number of nitrogens with zero attached hydrogens (tertiary/aromatic N) is 1. The number of amides is 6. The average Bonchev–Trinajstić information content (AvgIpc) is 3.12. The van der Waals surface area contributed by atoms with Crippen LogP contribution in [0.3, 0.4) is 0 Å². The van der Waals surface area contributed by atoms with E-state index in [1.165, 1.54) is 27.3 Å². The third-order valence-corrected chi connectivity index (χ3v) is 9.14. The number of likely N-dealkylation sites (N-methyl/N-ethyl adjacent to an activating group) is 1. The largest absolute Gasteiger partial charge is 0.480 e. The van der Waals surface area contributed by atoms with Crippen molar-refractivity contribution >= 4 is 41.4 Å². The first kappa shape index (κ1) is 52.4. The number of carbonyl (C=O) groups is 7. The predicted octanol–water partition coefficient (Wildman–Crippen LogP) is 3.49. The quantitative estimate of drug-likeness (QED) is 0.0833. The van der Waals surface area contributed by atoms with E-state index in [1.54, 1.807) is 60.6 Å². The SMILES string of the molecule is CCCCCCc1ccc(C(=O)N[C@H](COC(C)(C)C)C(=O)N[C@H](C)C(=O)NCC(=O)N(C)[C@H](C(=O)N[C@@H](C)C(=O)N[C@@H](CC(C)C)C(=O)O)C(C)OC(C)(C)C)cc1. The lowest BCUT2D eigenvalue weighted by Gasteiger charge is -2.36. The summed E-state index contributed by atoms with van der Waals surface area (Å²) >= 11 is 0. The van der Waals surface area contributed by atoms with Gasteiger partial charge in [0.25, 0.3) is 5.91 Å². The zero-order valence-corrected chi connectivity index (χ0v) is 37.6. The molecule has 1 aromatic rings. The molecule has 0 aliphatic heterocycles. The fraction of sp³-hybridized carbons (Fsp3) is 0.698. The normalized spacial score (nSPS) is 14.8. The van der Waals surface area contributed by atoms with Crippen molar-refractivity contribution < 1.29 is 48.1 Å². The molecule has 0 aliphatic carbocycles. The lowest BCUT2D eigenvalue weighted by molar-refractivity contribution is -0.151. The van der Waals surface area contributed by atoms with Gasteiger partial charge in [-0.05, 0) is 105 Å². The minimum atomic E-state index is -1.27. The third kappa shape index (κ3) is 20.3. The lowest BCUT2D eigenvalue weighted by atomic mass is 10.0. The second kappa shape index (κ2) is 24.5. The summed E-state index contributed by atoms with van der Waals surface area (Å²) in [6.07, 6.45) is 4.72. The van der Waals surface area contributed by atoms with Crippen molar-refractivity contribution in [2.75, 3.05) is 20.2 Å². The Kier molecular flexibility index (Phi) is 21.8. The van der Waals surface area contributed by atoms with Crippen molar-refractivity contribution in [3.05, 3.63) is 35.4 Å². The Labute approximate surface area is 351 Å². The van der Waals surface area contributed by atoms with Gasteiger partial charge in [0.2, 0.25) is 29.5 Å². The first-order valence-corrected chi connectivity index (χ1v) is 20.6. The number of aliphatic carboxylic acids is 1. The number of carboxylic acid groups (broad SMARTS) is 1. The minimum absolute atomic E-state index is 0.0170. The molecule has 0 bridgehead atoms. The number of unbranched alkanes of at least 4 members (excludes halogenated alkanes) is 3. The average molecular weight is 833 g/mol. The van der Waals surface area contributed by atoms with Gasteiger partial charge in [-0.25, -0.2) is 4.79 Å². The number of carboxylic acids is 1. The molecule has 6 amide bonds. The molecule has 0 heterocycles. The Morgan fingerprint density at radius 1 is 0.712 bits per heavy atom. The highest BCUT2D eigenvalue weighted by molar-refractivity contribution is 5.99. The van der Waals surface area contributed by atoms with E-state index in [9.17, 15) is 38.7 Å². The van der Waals surface area contributed by atoms with Crippen LogP contribution in [0.4, 0.5) is 0 Å². The van der Waals surface area contributed by atoms with E-state index in [2.05, 4.69) is 33.5 Å². The molecule has 0 aromatic heterocycles. The topological polar surface area (TPSA) is 222 Å². The summed E-state index contributed by atoms with van der Waals surface area (Å²) in [5.74, 6) is -5.25. The predicted molar refractivity (Wildman–Crippen MR) is 225 cm³/mol. The Hall–Kier alpha value is -4.57. The molecule has 0 spiro atoms. The van der Waals surface area contributed by atoms with Gasteiger partial charge >= 0.3 is 5.97 Å². The zero-order chi connectivity index (χ0) is 45.2. The molecule has 6 N–H and O–H groups in total. The van der Waals surface area contributed by atoms with E-state index in [0.717, 1.165) is 36.1 Å². The van der Waals surface area contributed by atoms with Gasteiger partial charge in [-0.15, -0.1) is 0 Å². The molecule has 0 aliphatic rings. The number of ether oxygens (including phenoxy) is 2. The van der Waals surface area contributed by atoms with Gasteiger partial charge < -0.3 is 46.1 Å². The standard InChI is InChI=1S/C43H72N6O10/c1-14-15-16-17-18-30-19-21-31(22-20-30)38(53)48-33(25-58-42(7,8)9)39(54)45-27(4)36(51)44-24-34(50)49(13)35(29(6)59-43(10,11)12)40(55)46-28(5)37(52)47-32(41(56)57)23-26(2)3/h19-22,26-29,32-33,35H,14-18,23-25H2,1-13H3,(H,44,51)(H,45,54)(H,46,55)(H,47,52)(H,48,53)(H,56,57)/t27-,28+,29?,32+,33-,35+/m1/s1. The van der Waals surface area contributed by atoms with E-state index in [0.29, 0.717) is 5.56 Å². The number of nitrogens with one attached hydrogen (secondary N) is 5. The molecule has 16 heteroatoms. The Morgan fingerprint density at radius 3 is 1.81 bits per heavy atom. The fourth-order valence-electron chi connectivity index (χ4n) is 5.99. The van der Waals surface area contributed by atoms with Gasteiger partial charge in [0, 0.05) is 12.6 Å². The molecule has 0 saturated carbocycles. The highest BCUT2D eigenvalue weighted by Gasteiger charge is 2.37. The molecule has 0 saturated heterocycles. The zero-order valence-electron chi connectivity index (χ0n) is 37.6. The monoisotopic (exact) mass is 833 g/mol. The van der Waals surface area contributed by atoms with Crippen LogP contribution in [0.1, 0.15) is 131 Å². The maximum atomic E-state index is 13.7. The molecule has 1 unspecified atom stereocenters. The van der Waals surface area contributed by atoms with E-state index < -0.39 is 95.5 Å². The summed E-state index contributed by atoms with van der Waals surface area (Å²) in [5.41, 5.74) is 0.113. The number of hydrogen-bond acceptors (Lipinski definition) is 9. The molecular weight excluding hydrogens is 761 g/mol. The lowest BCUT2D eigenvalue weighted by Crippen LogP contribution is -2.60. The summed E-state index contributed by atoms with van der Waals surface area (Å²) in [4.78, 5) is 92.7. The van der Waals surface area contributed by atoms with Crippen LogP contribution in [0.2, 0.25) is 0 Å². The summed E-state index contributed by atoms with van der Waals surface area (Å²) in [7, 11) is 1.35. The number of hydrogen-bond donors (Lipinski definition) is 6. The molecule has 6 atom stereocenters. The second-order valence-corrected chi connectivity index (χ2v) is 17.5. The summed E-state index contributed by atoms with van der Waals surface area (Å²) in [6.45, 7) is 20.2. The number of carbonyl (C=O) groups excluding carboxylic acids is 6. The summed E-state index contributed by atoms with van der Waals surface area (Å²) < 4.78 is 11.9. The third-order valence-electron chi connectivity index (χ3n) is 9.14. The van der Waals surface area contributed by atoms with Crippen molar-refractivity contribution in [3.63, 3.8) is 0 Å². The van der Waals surface area contributed by atoms with Gasteiger partial charge in [-0.3, -0.25) is 28.8 Å². The highest BCUT2D eigenvalue weighted by atomic mass is 16.5. The van der Waals surface area contributed by atoms with Crippen LogP contribution in [0.5, 0.6) is 0 Å². The Balaban J connectivity index is 3.03. The van der Waals surface area contributed by atoms with Gasteiger partial charge in [-0.1, -0.05) is 52.2 Å². The van der Waals surface area contributed by atoms with Gasteiger partial charge in [0.1, 0.15) is 30.2 Å². The van der Waals surface area contributed by atoms with Gasteiger partial charge in [0.05, 0.1) is 30.5 Å². The smallest absolute Gasteiger partial charge is 0.326 e. The van der Waals surface area contributed by atoms with Crippen LogP contribution in [-0.2, 0) is 44.7 Å². The maximum absolute atomic E-state index is 13.7. The highest BCUT2D eigenvalue weighted by Crippen LogP contribution is 2.17. The van der Waals surface area contributed by atoms with Crippen molar-refractivity contribution in [1.29, 1.82) is 0 Å². The summed E-state index contributed by atoms with van der Waals surface area (Å²) in [5, 5.41) is 22.3. The van der Waals surface area contributed by atoms with Gasteiger partial charge in [-0.2, -0.15) is 0 Å². The maximum Gasteiger partial charge on any atom is 0.326 e.